The molecule has 0 unspecified atom stereocenters. The van der Waals surface area contributed by atoms with Crippen LogP contribution in [0.1, 0.15) is 216 Å². The van der Waals surface area contributed by atoms with Crippen molar-refractivity contribution in [1.82, 2.24) is 0 Å². The van der Waals surface area contributed by atoms with Crippen LogP contribution in [0.2, 0.25) is 0 Å². The van der Waals surface area contributed by atoms with Crippen LogP contribution in [0.3, 0.4) is 0 Å². The van der Waals surface area contributed by atoms with Gasteiger partial charge in [-0.15, -0.1) is 0 Å². The predicted molar refractivity (Wildman–Crippen MR) is 367 cm³/mol. The van der Waals surface area contributed by atoms with Gasteiger partial charge in [0.2, 0.25) is 0 Å². The molecule has 0 fully saturated rings. The Hall–Kier alpha value is -6.33. The van der Waals surface area contributed by atoms with Gasteiger partial charge in [0.25, 0.3) is 0 Å². The van der Waals surface area contributed by atoms with Gasteiger partial charge in [0.15, 0.2) is 0 Å². The van der Waals surface area contributed by atoms with E-state index in [2.05, 4.69) is 201 Å². The van der Waals surface area contributed by atoms with Crippen molar-refractivity contribution in [3.63, 3.8) is 0 Å². The smallest absolute Gasteiger partial charge is 0.0991 e. The molecule has 0 saturated heterocycles. The summed E-state index contributed by atoms with van der Waals surface area (Å²) in [5.74, 6) is 0. The lowest BCUT2D eigenvalue weighted by Gasteiger charge is -2.33. The van der Waals surface area contributed by atoms with Crippen LogP contribution in [0.4, 0.5) is 0 Å². The first-order chi connectivity index (χ1) is 41.7. The molecule has 8 aromatic rings. The summed E-state index contributed by atoms with van der Waals surface area (Å²) in [6.45, 7) is 4.59. The van der Waals surface area contributed by atoms with Crippen LogP contribution in [-0.4, -0.2) is 0 Å². The Bertz CT molecular complexity index is 3660. The van der Waals surface area contributed by atoms with Gasteiger partial charge in [-0.3, -0.25) is 0 Å². The fourth-order valence-electron chi connectivity index (χ4n) is 13.6. The van der Waals surface area contributed by atoms with E-state index in [9.17, 15) is 5.26 Å². The molecule has 0 saturated carbocycles. The largest absolute Gasteiger partial charge is 0.192 e. The summed E-state index contributed by atoms with van der Waals surface area (Å²) >= 11 is 10.8. The van der Waals surface area contributed by atoms with E-state index in [1.807, 2.05) is 36.4 Å². The molecule has 0 atom stereocenters. The van der Waals surface area contributed by atoms with E-state index in [-0.39, 0.29) is 5.41 Å². The second-order valence-corrected chi connectivity index (χ2v) is 26.7. The van der Waals surface area contributed by atoms with Crippen LogP contribution < -0.4 is 0 Å². The van der Waals surface area contributed by atoms with Gasteiger partial charge < -0.3 is 0 Å². The van der Waals surface area contributed by atoms with Crippen molar-refractivity contribution in [1.29, 1.82) is 15.8 Å². The molecule has 0 N–H and O–H groups in total. The topological polar surface area (TPSA) is 71.4 Å². The Morgan fingerprint density at radius 2 is 0.600 bits per heavy atom. The molecule has 434 valence electrons. The standard InChI is InChI=1S/C38H56BrN.C14H8BrN.C14H9N.C13H9Br/c1-3-5-7-9-11-13-15-17-19-21-27-38(28-22-20-18-16-14-12-10-8-6-4-2)36-29-32(31-40)23-25-34(36)35-26-24-33(39)30-37(35)38;15-12-2-4-14-11(7-12)6-10-5-9(8-16)1-3-13(10)14;15-9-10-5-6-14-12(7-10)8-11-3-1-2-4-13(11)14;14-11-5-6-13-10(8-11)7-9-3-1-2-4-12(9)13/h23-26,29-30H,3-22,27-28H2,1-2H3;1-5,7H,6H2;1-7H,8H2;1-6,8H,7H2. The van der Waals surface area contributed by atoms with Crippen molar-refractivity contribution in [2.45, 2.75) is 180 Å². The third kappa shape index (κ3) is 16.2. The van der Waals surface area contributed by atoms with E-state index < -0.39 is 0 Å². The Kier molecular flexibility index (Phi) is 23.7. The van der Waals surface area contributed by atoms with E-state index in [4.69, 9.17) is 10.5 Å². The Morgan fingerprint density at radius 3 is 1.01 bits per heavy atom. The molecule has 85 heavy (non-hydrogen) atoms. The van der Waals surface area contributed by atoms with Crippen molar-refractivity contribution in [2.75, 3.05) is 0 Å². The minimum absolute atomic E-state index is 0.0433. The number of nitriles is 3. The van der Waals surface area contributed by atoms with E-state index in [1.165, 1.54) is 239 Å². The van der Waals surface area contributed by atoms with Crippen LogP contribution in [-0.2, 0) is 24.7 Å². The first-order valence-electron chi connectivity index (χ1n) is 31.8. The number of benzene rings is 8. The quantitative estimate of drug-likeness (QED) is 0.0635. The summed E-state index contributed by atoms with van der Waals surface area (Å²) in [7, 11) is 0. The molecule has 6 heteroatoms. The van der Waals surface area contributed by atoms with E-state index in [0.29, 0.717) is 0 Å². The fraction of sp³-hybridized carbons (Fsp3) is 0.354. The van der Waals surface area contributed by atoms with Crippen molar-refractivity contribution in [3.8, 4) is 62.7 Å². The van der Waals surface area contributed by atoms with Gasteiger partial charge in [0.05, 0.1) is 34.9 Å². The van der Waals surface area contributed by atoms with E-state index in [1.54, 1.807) is 0 Å². The average Bonchev–Trinajstić information content (AvgIpc) is 2.22. The minimum atomic E-state index is 0.0433. The lowest BCUT2D eigenvalue weighted by molar-refractivity contribution is 0.396. The number of rotatable bonds is 22. The lowest BCUT2D eigenvalue weighted by atomic mass is 9.70. The second kappa shape index (κ2) is 31.9. The highest BCUT2D eigenvalue weighted by molar-refractivity contribution is 9.11. The molecule has 4 aliphatic carbocycles. The Morgan fingerprint density at radius 1 is 0.306 bits per heavy atom. The zero-order chi connectivity index (χ0) is 59.4. The molecule has 0 radical (unpaired) electrons. The second-order valence-electron chi connectivity index (χ2n) is 23.9. The maximum absolute atomic E-state index is 9.77. The van der Waals surface area contributed by atoms with Gasteiger partial charge in [0.1, 0.15) is 0 Å². The summed E-state index contributed by atoms with van der Waals surface area (Å²) in [4.78, 5) is 0. The fourth-order valence-corrected chi connectivity index (χ4v) is 14.8. The van der Waals surface area contributed by atoms with E-state index >= 15 is 0 Å². The zero-order valence-electron chi connectivity index (χ0n) is 50.2. The summed E-state index contributed by atoms with van der Waals surface area (Å²) in [5.41, 5.74) is 24.1. The summed E-state index contributed by atoms with van der Waals surface area (Å²) < 4.78 is 3.46. The molecule has 3 nitrogen and oxygen atoms in total. The SMILES string of the molecule is Brc1ccc2c(c1)Cc1ccccc1-2.CCCCCCCCCCCCC1(CCCCCCCCCCCC)c2cc(Br)ccc2-c2ccc(C#N)cc21.N#Cc1ccc2c(c1)Cc1cc(Br)ccc1-2.N#Cc1ccc2c(c1)Cc1ccccc1-2. The molecule has 0 aromatic heterocycles. The highest BCUT2D eigenvalue weighted by Gasteiger charge is 2.42. The normalized spacial score (nSPS) is 12.5. The predicted octanol–water partition coefficient (Wildman–Crippen LogP) is 24.3. The molecule has 0 amide bonds. The third-order valence-corrected chi connectivity index (χ3v) is 19.5. The maximum Gasteiger partial charge on any atom is 0.0991 e. The van der Waals surface area contributed by atoms with Gasteiger partial charge in [-0.25, -0.2) is 0 Å². The molecule has 0 spiro atoms. The van der Waals surface area contributed by atoms with Gasteiger partial charge in [-0.05, 0) is 194 Å². The third-order valence-electron chi connectivity index (χ3n) is 18.0. The van der Waals surface area contributed by atoms with Crippen molar-refractivity contribution >= 4 is 47.8 Å². The van der Waals surface area contributed by atoms with Gasteiger partial charge >= 0.3 is 0 Å². The molecule has 0 bridgehead atoms. The summed E-state index contributed by atoms with van der Waals surface area (Å²) in [6, 6.07) is 62.0. The number of unbranched alkanes of at least 4 members (excludes halogenated alkanes) is 18. The molecular weight excluding hydrogens is 1230 g/mol. The van der Waals surface area contributed by atoms with E-state index in [0.717, 1.165) is 40.4 Å². The molecule has 0 aliphatic heterocycles. The van der Waals surface area contributed by atoms with Crippen LogP contribution in [0.5, 0.6) is 0 Å². The van der Waals surface area contributed by atoms with Gasteiger partial charge in [0, 0.05) is 18.8 Å². The molecule has 4 aliphatic rings. The summed E-state index contributed by atoms with van der Waals surface area (Å²) in [5, 5.41) is 27.5. The van der Waals surface area contributed by atoms with Crippen molar-refractivity contribution in [3.05, 3.63) is 232 Å². The first-order valence-corrected chi connectivity index (χ1v) is 34.2. The maximum atomic E-state index is 9.77. The number of halogens is 3. The zero-order valence-corrected chi connectivity index (χ0v) is 54.9. The van der Waals surface area contributed by atoms with Gasteiger partial charge in [-0.2, -0.15) is 15.8 Å². The molecule has 0 heterocycles. The van der Waals surface area contributed by atoms with Crippen molar-refractivity contribution in [2.24, 2.45) is 0 Å². The lowest BCUT2D eigenvalue weighted by Crippen LogP contribution is -2.25. The number of nitrogens with zero attached hydrogens (tertiary/aromatic N) is 3. The molecular formula is C79H82Br3N3. The number of hydrogen-bond acceptors (Lipinski definition) is 3. The number of fused-ring (bicyclic) bond motifs is 12. The highest BCUT2D eigenvalue weighted by Crippen LogP contribution is 2.55. The molecule has 8 aromatic carbocycles. The Labute approximate surface area is 534 Å². The van der Waals surface area contributed by atoms with Crippen LogP contribution in [0, 0.1) is 34.0 Å². The van der Waals surface area contributed by atoms with Crippen LogP contribution in [0.15, 0.2) is 171 Å². The van der Waals surface area contributed by atoms with Crippen LogP contribution in [0.25, 0.3) is 44.5 Å². The van der Waals surface area contributed by atoms with Gasteiger partial charge in [-0.1, -0.05) is 275 Å². The minimum Gasteiger partial charge on any atom is -0.192 e. The summed E-state index contributed by atoms with van der Waals surface area (Å²) in [6.07, 6.45) is 32.8. The Balaban J connectivity index is 0.000000155. The first kappa shape index (κ1) is 63.2. The highest BCUT2D eigenvalue weighted by atomic mass is 79.9. The van der Waals surface area contributed by atoms with Crippen molar-refractivity contribution < 1.29 is 0 Å². The molecule has 12 rings (SSSR count). The number of hydrogen-bond donors (Lipinski definition) is 0. The monoisotopic (exact) mass is 1310 g/mol. The average molecular weight is 1310 g/mol. The van der Waals surface area contributed by atoms with Crippen LogP contribution >= 0.6 is 47.8 Å².